The van der Waals surface area contributed by atoms with Gasteiger partial charge in [-0.1, -0.05) is 6.92 Å². The number of piperazine rings is 1. The number of rotatable bonds is 9. The molecule has 1 fully saturated rings. The fourth-order valence-electron chi connectivity index (χ4n) is 5.77. The minimum Gasteiger partial charge on any atom is -0.393 e. The van der Waals surface area contributed by atoms with Gasteiger partial charge in [0.1, 0.15) is 17.8 Å². The molecule has 3 aromatic rings. The number of alkyl halides is 3. The summed E-state index contributed by atoms with van der Waals surface area (Å²) in [5.41, 5.74) is 5.72. The van der Waals surface area contributed by atoms with Gasteiger partial charge in [0.25, 0.3) is 17.4 Å². The first-order valence-corrected chi connectivity index (χ1v) is 14.3. The zero-order valence-corrected chi connectivity index (χ0v) is 24.9. The van der Waals surface area contributed by atoms with E-state index in [4.69, 9.17) is 5.73 Å². The van der Waals surface area contributed by atoms with Crippen LogP contribution in [0.2, 0.25) is 0 Å². The van der Waals surface area contributed by atoms with Crippen LogP contribution in [0.25, 0.3) is 5.78 Å². The number of nitrogens with zero attached hydrogens (tertiary/aromatic N) is 6. The monoisotopic (exact) mass is 630 g/mol. The van der Waals surface area contributed by atoms with Gasteiger partial charge in [0.15, 0.2) is 0 Å². The van der Waals surface area contributed by atoms with Gasteiger partial charge in [0, 0.05) is 52.2 Å². The van der Waals surface area contributed by atoms with E-state index in [-0.39, 0.29) is 67.7 Å². The third-order valence-electron chi connectivity index (χ3n) is 7.99. The van der Waals surface area contributed by atoms with E-state index < -0.39 is 35.0 Å². The molecule has 240 valence electrons. The number of benzene rings is 1. The minimum absolute atomic E-state index is 0.109. The van der Waals surface area contributed by atoms with Crippen LogP contribution in [0.4, 0.5) is 30.5 Å². The van der Waals surface area contributed by atoms with Gasteiger partial charge in [-0.3, -0.25) is 19.2 Å². The molecule has 2 aliphatic rings. The molecule has 45 heavy (non-hydrogen) atoms. The number of carbonyl (C=O) groups is 3. The highest BCUT2D eigenvalue weighted by Gasteiger charge is 2.37. The molecule has 0 unspecified atom stereocenters. The van der Waals surface area contributed by atoms with Gasteiger partial charge in [-0.25, -0.2) is 0 Å². The molecule has 0 saturated carbocycles. The third kappa shape index (κ3) is 5.76. The van der Waals surface area contributed by atoms with Gasteiger partial charge < -0.3 is 36.1 Å². The average Bonchev–Trinajstić information content (AvgIpc) is 3.42. The van der Waals surface area contributed by atoms with E-state index >= 15 is 0 Å². The Kier molecular flexibility index (Phi) is 8.44. The number of fused-ring (bicyclic) bond motifs is 2. The van der Waals surface area contributed by atoms with E-state index in [9.17, 15) is 32.3 Å². The second-order valence-electron chi connectivity index (χ2n) is 10.6. The van der Waals surface area contributed by atoms with Crippen LogP contribution < -0.4 is 32.1 Å². The predicted molar refractivity (Wildman–Crippen MR) is 159 cm³/mol. The summed E-state index contributed by atoms with van der Waals surface area (Å²) in [4.78, 5) is 59.5. The summed E-state index contributed by atoms with van der Waals surface area (Å²) < 4.78 is 42.9. The Bertz CT molecular complexity index is 1770. The molecule has 1 aromatic carbocycles. The fraction of sp³-hybridized carbons (Fsp3) is 0.429. The van der Waals surface area contributed by atoms with Crippen LogP contribution in [0.5, 0.6) is 0 Å². The Balaban J connectivity index is 1.46. The largest absolute Gasteiger partial charge is 0.416 e. The lowest BCUT2D eigenvalue weighted by molar-refractivity contribution is -0.138. The van der Waals surface area contributed by atoms with Crippen molar-refractivity contribution >= 4 is 40.8 Å². The average molecular weight is 631 g/mol. The normalized spacial score (nSPS) is 15.0. The van der Waals surface area contributed by atoms with Gasteiger partial charge in [0.05, 0.1) is 11.3 Å². The number of nitrogens with one attached hydrogen (secondary N) is 3. The molecule has 1 saturated heterocycles. The molecule has 17 heteroatoms. The Hall–Kier alpha value is -5.09. The first-order chi connectivity index (χ1) is 21.4. The summed E-state index contributed by atoms with van der Waals surface area (Å²) in [6.45, 7) is 2.37. The van der Waals surface area contributed by atoms with Crippen molar-refractivity contribution in [1.29, 1.82) is 0 Å². The van der Waals surface area contributed by atoms with E-state index in [0.29, 0.717) is 29.8 Å². The van der Waals surface area contributed by atoms with Gasteiger partial charge in [-0.2, -0.15) is 22.7 Å². The van der Waals surface area contributed by atoms with Crippen LogP contribution in [0.1, 0.15) is 29.3 Å². The van der Waals surface area contributed by atoms with Crippen molar-refractivity contribution in [3.8, 4) is 0 Å². The van der Waals surface area contributed by atoms with Gasteiger partial charge in [0.2, 0.25) is 17.6 Å². The van der Waals surface area contributed by atoms with E-state index in [1.807, 2.05) is 6.92 Å². The molecule has 0 spiro atoms. The van der Waals surface area contributed by atoms with Crippen molar-refractivity contribution in [2.24, 2.45) is 5.73 Å². The van der Waals surface area contributed by atoms with E-state index in [2.05, 4.69) is 26.0 Å². The van der Waals surface area contributed by atoms with Crippen molar-refractivity contribution in [3.05, 3.63) is 56.6 Å². The summed E-state index contributed by atoms with van der Waals surface area (Å²) in [7, 11) is 3.12. The molecule has 14 nitrogen and oxygen atoms in total. The quantitative estimate of drug-likeness (QED) is 0.149. The van der Waals surface area contributed by atoms with Crippen LogP contribution in [-0.4, -0.2) is 82.1 Å². The lowest BCUT2D eigenvalue weighted by Crippen LogP contribution is -2.52. The molecule has 3 amide bonds. The molecule has 0 bridgehead atoms. The maximum absolute atomic E-state index is 13.8. The van der Waals surface area contributed by atoms with Crippen LogP contribution in [-0.2, 0) is 46.4 Å². The Labute approximate surface area is 255 Å². The molecule has 5 rings (SSSR count). The van der Waals surface area contributed by atoms with Crippen molar-refractivity contribution in [1.82, 2.24) is 29.4 Å². The van der Waals surface area contributed by atoms with E-state index in [1.54, 1.807) is 23.6 Å². The summed E-state index contributed by atoms with van der Waals surface area (Å²) in [6, 6.07) is 2.24. The van der Waals surface area contributed by atoms with Gasteiger partial charge >= 0.3 is 6.18 Å². The Morgan fingerprint density at radius 1 is 1.07 bits per heavy atom. The minimum atomic E-state index is -4.48. The SMILES string of the molecule is CCc1c(N2CCN(C(=O)/C(=C/NC)C(N)=O)CC2)c(=O)n2nc(NC)nc2n1CC(=O)Nc1ccc(C(F)(F)F)c2c1CC2. The Morgan fingerprint density at radius 2 is 1.76 bits per heavy atom. The van der Waals surface area contributed by atoms with Crippen molar-refractivity contribution in [2.45, 2.75) is 38.9 Å². The molecular weight excluding hydrogens is 597 g/mol. The fourth-order valence-corrected chi connectivity index (χ4v) is 5.77. The number of carbonyl (C=O) groups excluding carboxylic acids is 3. The molecule has 2 aromatic heterocycles. The predicted octanol–water partition coefficient (Wildman–Crippen LogP) is 0.488. The van der Waals surface area contributed by atoms with Crippen molar-refractivity contribution in [2.75, 3.05) is 55.8 Å². The number of hydrogen-bond acceptors (Lipinski definition) is 9. The lowest BCUT2D eigenvalue weighted by Gasteiger charge is -2.37. The second-order valence-corrected chi connectivity index (χ2v) is 10.6. The first-order valence-electron chi connectivity index (χ1n) is 14.3. The zero-order valence-electron chi connectivity index (χ0n) is 24.9. The number of amides is 3. The Morgan fingerprint density at radius 3 is 2.31 bits per heavy atom. The van der Waals surface area contributed by atoms with Crippen molar-refractivity contribution in [3.63, 3.8) is 0 Å². The number of nitrogens with two attached hydrogens (primary N) is 1. The van der Waals surface area contributed by atoms with Crippen LogP contribution >= 0.6 is 0 Å². The molecule has 3 heterocycles. The first kappa shape index (κ1) is 31.3. The van der Waals surface area contributed by atoms with Crippen LogP contribution in [0.3, 0.4) is 0 Å². The molecule has 5 N–H and O–H groups in total. The highest BCUT2D eigenvalue weighted by atomic mass is 19.4. The second kappa shape index (κ2) is 12.1. The number of primary amides is 1. The summed E-state index contributed by atoms with van der Waals surface area (Å²) in [5.74, 6) is -1.66. The van der Waals surface area contributed by atoms with Crippen LogP contribution in [0.15, 0.2) is 28.7 Å². The highest BCUT2D eigenvalue weighted by molar-refractivity contribution is 6.17. The zero-order chi connectivity index (χ0) is 32.6. The summed E-state index contributed by atoms with van der Waals surface area (Å²) in [5, 5.41) is 12.4. The maximum Gasteiger partial charge on any atom is 0.416 e. The topological polar surface area (TPSA) is 172 Å². The number of hydrogen-bond donors (Lipinski definition) is 4. The molecule has 1 aliphatic heterocycles. The molecular formula is C28H33F3N10O4. The standard InChI is InChI=1S/C28H33F3N10O4/c1-4-20-22(38-9-11-39(12-10-38)24(44)17(13-33-2)23(32)43)25(45)41-27(36-26(34-3)37-41)40(20)14-21(42)35-19-8-7-18(28(29,30)31)15-5-6-16(15)19/h7-8,13,33H,4-6,9-12,14H2,1-3H3,(H2,32,43)(H,34,37)(H,35,42)/b17-13+. The van der Waals surface area contributed by atoms with E-state index in [1.165, 1.54) is 17.2 Å². The van der Waals surface area contributed by atoms with Crippen molar-refractivity contribution < 1.29 is 27.6 Å². The maximum atomic E-state index is 13.8. The van der Waals surface area contributed by atoms with E-state index in [0.717, 1.165) is 10.6 Å². The lowest BCUT2D eigenvalue weighted by atomic mass is 9.83. The number of anilines is 3. The number of aromatic nitrogens is 4. The van der Waals surface area contributed by atoms with Crippen LogP contribution in [0, 0.1) is 0 Å². The van der Waals surface area contributed by atoms with Gasteiger partial charge in [-0.15, -0.1) is 5.10 Å². The smallest absolute Gasteiger partial charge is 0.393 e. The molecule has 1 aliphatic carbocycles. The summed E-state index contributed by atoms with van der Waals surface area (Å²) >= 11 is 0. The number of halogens is 3. The molecule has 0 radical (unpaired) electrons. The summed E-state index contributed by atoms with van der Waals surface area (Å²) in [6.07, 6.45) is -2.23. The molecule has 0 atom stereocenters. The van der Waals surface area contributed by atoms with Gasteiger partial charge in [-0.05, 0) is 42.5 Å². The highest BCUT2D eigenvalue weighted by Crippen LogP contribution is 2.41. The third-order valence-corrected chi connectivity index (χ3v) is 7.99.